The molecule has 2 aromatic heterocycles. The summed E-state index contributed by atoms with van der Waals surface area (Å²) in [5, 5.41) is 29.8. The van der Waals surface area contributed by atoms with Crippen LogP contribution < -0.4 is 30.7 Å². The van der Waals surface area contributed by atoms with E-state index in [1.807, 2.05) is 52.1 Å². The molecule has 0 unspecified atom stereocenters. The lowest BCUT2D eigenvalue weighted by molar-refractivity contribution is 0.102. The van der Waals surface area contributed by atoms with Crippen molar-refractivity contribution in [2.75, 3.05) is 58.2 Å². The average Bonchev–Trinajstić information content (AvgIpc) is 3.14. The summed E-state index contributed by atoms with van der Waals surface area (Å²) in [6.07, 6.45) is 3.88. The van der Waals surface area contributed by atoms with Gasteiger partial charge in [0.2, 0.25) is 0 Å². The zero-order chi connectivity index (χ0) is 36.2. The van der Waals surface area contributed by atoms with Gasteiger partial charge in [-0.25, -0.2) is 0 Å². The predicted molar refractivity (Wildman–Crippen MR) is 195 cm³/mol. The lowest BCUT2D eigenvalue weighted by Crippen LogP contribution is -2.19. The number of benzene rings is 2. The highest BCUT2D eigenvalue weighted by atomic mass is 16.5. The SMILES string of the molecule is CC.CNc1cccc(-c2cccc(NC(=O)c3cc(OC)c(CNCCO)cn3)c2C)c1C.COc1cc(C=O)ncc1CNCCO. The minimum atomic E-state index is -0.306. The van der Waals surface area contributed by atoms with E-state index in [2.05, 4.69) is 50.3 Å². The summed E-state index contributed by atoms with van der Waals surface area (Å²) in [6.45, 7) is 10.2. The Bertz CT molecular complexity index is 1630. The molecule has 0 aliphatic heterocycles. The van der Waals surface area contributed by atoms with Gasteiger partial charge in [-0.3, -0.25) is 19.6 Å². The fraction of sp³-hybridized carbons (Fsp3) is 0.351. The Balaban J connectivity index is 0.000000410. The number of carbonyl (C=O) groups is 2. The Kier molecular flexibility index (Phi) is 18.0. The molecule has 2 heterocycles. The molecule has 0 aliphatic carbocycles. The molecular formula is C37H50N6O6. The van der Waals surface area contributed by atoms with E-state index in [0.29, 0.717) is 49.7 Å². The maximum absolute atomic E-state index is 12.9. The van der Waals surface area contributed by atoms with Gasteiger partial charge in [-0.05, 0) is 48.2 Å². The van der Waals surface area contributed by atoms with Crippen LogP contribution in [0.4, 0.5) is 11.4 Å². The second-order valence-corrected chi connectivity index (χ2v) is 10.4. The smallest absolute Gasteiger partial charge is 0.274 e. The summed E-state index contributed by atoms with van der Waals surface area (Å²) >= 11 is 0. The molecule has 4 aromatic rings. The molecule has 0 bridgehead atoms. The average molecular weight is 675 g/mol. The van der Waals surface area contributed by atoms with Crippen LogP contribution >= 0.6 is 0 Å². The Morgan fingerprint density at radius 3 is 1.82 bits per heavy atom. The van der Waals surface area contributed by atoms with Crippen LogP contribution in [0, 0.1) is 13.8 Å². The van der Waals surface area contributed by atoms with E-state index in [0.717, 1.165) is 44.8 Å². The van der Waals surface area contributed by atoms with Crippen molar-refractivity contribution in [1.82, 2.24) is 20.6 Å². The summed E-state index contributed by atoms with van der Waals surface area (Å²) < 4.78 is 10.5. The second kappa shape index (κ2) is 21.9. The first-order valence-electron chi connectivity index (χ1n) is 16.1. The molecule has 49 heavy (non-hydrogen) atoms. The molecule has 4 rings (SSSR count). The molecule has 6 N–H and O–H groups in total. The van der Waals surface area contributed by atoms with E-state index in [-0.39, 0.29) is 24.8 Å². The van der Waals surface area contributed by atoms with E-state index in [1.165, 1.54) is 0 Å². The summed E-state index contributed by atoms with van der Waals surface area (Å²) in [5.41, 5.74) is 8.40. The van der Waals surface area contributed by atoms with Crippen molar-refractivity contribution in [2.24, 2.45) is 0 Å². The van der Waals surface area contributed by atoms with Crippen LogP contribution in [0.1, 0.15) is 57.1 Å². The van der Waals surface area contributed by atoms with E-state index in [9.17, 15) is 9.59 Å². The number of carbonyl (C=O) groups excluding carboxylic acids is 2. The van der Waals surface area contributed by atoms with Gasteiger partial charge in [-0.2, -0.15) is 0 Å². The summed E-state index contributed by atoms with van der Waals surface area (Å²) in [4.78, 5) is 31.7. The number of nitrogens with one attached hydrogen (secondary N) is 4. The zero-order valence-corrected chi connectivity index (χ0v) is 29.5. The number of aldehydes is 1. The third kappa shape index (κ3) is 11.6. The van der Waals surface area contributed by atoms with Gasteiger partial charge in [0, 0.05) is 80.3 Å². The summed E-state index contributed by atoms with van der Waals surface area (Å²) in [5.74, 6) is 0.886. The number of nitrogens with zero attached hydrogens (tertiary/aromatic N) is 2. The van der Waals surface area contributed by atoms with Gasteiger partial charge in [0.05, 0.1) is 27.4 Å². The van der Waals surface area contributed by atoms with Crippen LogP contribution in [-0.4, -0.2) is 79.9 Å². The predicted octanol–water partition coefficient (Wildman–Crippen LogP) is 4.76. The fourth-order valence-corrected chi connectivity index (χ4v) is 4.83. The van der Waals surface area contributed by atoms with E-state index in [4.69, 9.17) is 19.7 Å². The number of ether oxygens (including phenoxy) is 2. The number of hydrogen-bond acceptors (Lipinski definition) is 11. The molecular weight excluding hydrogens is 624 g/mol. The molecule has 12 heteroatoms. The second-order valence-electron chi connectivity index (χ2n) is 10.4. The molecule has 1 amide bonds. The maximum atomic E-state index is 12.9. The van der Waals surface area contributed by atoms with Crippen molar-refractivity contribution in [3.63, 3.8) is 0 Å². The number of amides is 1. The van der Waals surface area contributed by atoms with Gasteiger partial charge in [0.25, 0.3) is 5.91 Å². The molecule has 0 radical (unpaired) electrons. The maximum Gasteiger partial charge on any atom is 0.274 e. The number of rotatable bonds is 15. The first-order chi connectivity index (χ1) is 23.8. The standard InChI is InChI=1S/C25H30N4O3.C10H14N2O3.C2H6/c1-16-19(7-5-9-21(16)26-3)20-8-6-10-22(17(20)2)29-25(31)23-13-24(32-4)18(15-28-23)14-27-11-12-30;1-15-10-4-9(7-14)12-6-8(10)5-11-2-3-13;1-2/h5-10,13,15,26-27,30H,11-12,14H2,1-4H3,(H,29,31);4,6-7,11,13H,2-3,5H2,1H3;1-2H3. The number of aromatic nitrogens is 2. The third-order valence-electron chi connectivity index (χ3n) is 7.39. The number of aliphatic hydroxyl groups is 2. The molecule has 0 atom stereocenters. The van der Waals surface area contributed by atoms with Crippen LogP contribution in [0.3, 0.4) is 0 Å². The van der Waals surface area contributed by atoms with Gasteiger partial charge in [-0.1, -0.05) is 38.1 Å². The Labute approximate surface area is 289 Å². The van der Waals surface area contributed by atoms with Gasteiger partial charge < -0.3 is 41.0 Å². The first kappa shape index (κ1) is 40.3. The van der Waals surface area contributed by atoms with Gasteiger partial charge in [0.1, 0.15) is 22.9 Å². The molecule has 0 fully saturated rings. The minimum absolute atomic E-state index is 0.0490. The van der Waals surface area contributed by atoms with Crippen molar-refractivity contribution in [3.05, 3.63) is 94.6 Å². The van der Waals surface area contributed by atoms with Crippen LogP contribution in [0.15, 0.2) is 60.9 Å². The summed E-state index contributed by atoms with van der Waals surface area (Å²) in [6, 6.07) is 15.2. The third-order valence-corrected chi connectivity index (χ3v) is 7.39. The molecule has 0 saturated carbocycles. The topological polar surface area (TPSA) is 167 Å². The van der Waals surface area contributed by atoms with Gasteiger partial charge in [-0.15, -0.1) is 0 Å². The van der Waals surface area contributed by atoms with Crippen molar-refractivity contribution >= 4 is 23.6 Å². The molecule has 2 aromatic carbocycles. The number of hydrogen-bond donors (Lipinski definition) is 6. The largest absolute Gasteiger partial charge is 0.496 e. The van der Waals surface area contributed by atoms with Crippen molar-refractivity contribution in [2.45, 2.75) is 40.8 Å². The molecule has 12 nitrogen and oxygen atoms in total. The quantitative estimate of drug-likeness (QED) is 0.0760. The van der Waals surface area contributed by atoms with Crippen LogP contribution in [-0.2, 0) is 13.1 Å². The number of anilines is 2. The molecule has 0 spiro atoms. The number of methoxy groups -OCH3 is 2. The first-order valence-corrected chi connectivity index (χ1v) is 16.1. The van der Waals surface area contributed by atoms with Crippen molar-refractivity contribution < 1.29 is 29.3 Å². The lowest BCUT2D eigenvalue weighted by atomic mass is 9.94. The fourth-order valence-electron chi connectivity index (χ4n) is 4.83. The van der Waals surface area contributed by atoms with Crippen molar-refractivity contribution in [1.29, 1.82) is 0 Å². The molecule has 264 valence electrons. The highest BCUT2D eigenvalue weighted by Crippen LogP contribution is 2.33. The Hall–Kier alpha value is -4.88. The highest BCUT2D eigenvalue weighted by molar-refractivity contribution is 6.04. The summed E-state index contributed by atoms with van der Waals surface area (Å²) in [7, 11) is 5.01. The zero-order valence-electron chi connectivity index (χ0n) is 29.5. The normalized spacial score (nSPS) is 10.1. The van der Waals surface area contributed by atoms with E-state index in [1.54, 1.807) is 38.7 Å². The van der Waals surface area contributed by atoms with Crippen molar-refractivity contribution in [3.8, 4) is 22.6 Å². The molecule has 0 aliphatic rings. The minimum Gasteiger partial charge on any atom is -0.496 e. The van der Waals surface area contributed by atoms with Gasteiger partial charge >= 0.3 is 0 Å². The van der Waals surface area contributed by atoms with E-state index < -0.39 is 0 Å². The van der Waals surface area contributed by atoms with Gasteiger partial charge in [0.15, 0.2) is 6.29 Å². The monoisotopic (exact) mass is 674 g/mol. The highest BCUT2D eigenvalue weighted by Gasteiger charge is 2.16. The van der Waals surface area contributed by atoms with E-state index >= 15 is 0 Å². The Morgan fingerprint density at radius 1 is 0.796 bits per heavy atom. The number of aliphatic hydroxyl groups excluding tert-OH is 2. The van der Waals surface area contributed by atoms with Crippen LogP contribution in [0.25, 0.3) is 11.1 Å². The van der Waals surface area contributed by atoms with Crippen LogP contribution in [0.2, 0.25) is 0 Å². The number of pyridine rings is 2. The Morgan fingerprint density at radius 2 is 1.31 bits per heavy atom. The lowest BCUT2D eigenvalue weighted by Gasteiger charge is -2.16. The molecule has 0 saturated heterocycles. The van der Waals surface area contributed by atoms with Crippen LogP contribution in [0.5, 0.6) is 11.5 Å².